The molecule has 4 amide bonds. The molecule has 1 aromatic heterocycles. The van der Waals surface area contributed by atoms with E-state index in [4.69, 9.17) is 0 Å². The van der Waals surface area contributed by atoms with Gasteiger partial charge in [-0.2, -0.15) is 13.2 Å². The van der Waals surface area contributed by atoms with Crippen LogP contribution in [0.25, 0.3) is 0 Å². The lowest BCUT2D eigenvalue weighted by atomic mass is 9.98. The van der Waals surface area contributed by atoms with Gasteiger partial charge >= 0.3 is 12.2 Å². The number of carbonyl (C=O) groups is 3. The molecular weight excluding hydrogens is 367 g/mol. The van der Waals surface area contributed by atoms with E-state index in [1.54, 1.807) is 13.2 Å². The Labute approximate surface area is 150 Å². The lowest BCUT2D eigenvalue weighted by molar-refractivity contribution is -0.137. The molecule has 3 rings (SSSR count). The second-order valence-electron chi connectivity index (χ2n) is 5.93. The number of nitrogens with zero attached hydrogens (tertiary/aromatic N) is 2. The molecule has 27 heavy (non-hydrogen) atoms. The second-order valence-corrected chi connectivity index (χ2v) is 5.93. The number of imide groups is 1. The normalized spacial score (nSPS) is 19.6. The molecule has 1 aliphatic rings. The summed E-state index contributed by atoms with van der Waals surface area (Å²) < 4.78 is 39.3. The zero-order chi connectivity index (χ0) is 19.8. The van der Waals surface area contributed by atoms with Gasteiger partial charge in [0.25, 0.3) is 11.8 Å². The van der Waals surface area contributed by atoms with Gasteiger partial charge in [-0.05, 0) is 24.3 Å². The van der Waals surface area contributed by atoms with Crippen LogP contribution in [0.15, 0.2) is 36.7 Å². The van der Waals surface area contributed by atoms with Crippen molar-refractivity contribution in [2.75, 3.05) is 6.54 Å². The molecule has 2 heterocycles. The van der Waals surface area contributed by atoms with Crippen LogP contribution in [0, 0.1) is 0 Å². The van der Waals surface area contributed by atoms with E-state index < -0.39 is 35.1 Å². The predicted octanol–water partition coefficient (Wildman–Crippen LogP) is 0.904. The first-order chi connectivity index (χ1) is 12.6. The van der Waals surface area contributed by atoms with Crippen LogP contribution in [0.4, 0.5) is 18.0 Å². The molecule has 0 saturated carbocycles. The highest BCUT2D eigenvalue weighted by Gasteiger charge is 2.50. The number of benzene rings is 1. The molecule has 1 aromatic carbocycles. The maximum atomic E-state index is 12.6. The van der Waals surface area contributed by atoms with Crippen molar-refractivity contribution in [2.45, 2.75) is 11.7 Å². The van der Waals surface area contributed by atoms with E-state index in [-0.39, 0.29) is 17.9 Å². The maximum absolute atomic E-state index is 12.6. The summed E-state index contributed by atoms with van der Waals surface area (Å²) in [4.78, 5) is 40.3. The number of urea groups is 1. The molecule has 11 heteroatoms. The van der Waals surface area contributed by atoms with Gasteiger partial charge in [-0.25, -0.2) is 9.78 Å². The van der Waals surface area contributed by atoms with E-state index in [9.17, 15) is 27.6 Å². The Kier molecular flexibility index (Phi) is 4.38. The third-order valence-electron chi connectivity index (χ3n) is 4.13. The molecule has 1 fully saturated rings. The number of halogens is 3. The van der Waals surface area contributed by atoms with Gasteiger partial charge < -0.3 is 15.2 Å². The average molecular weight is 381 g/mol. The maximum Gasteiger partial charge on any atom is 0.416 e. The number of alkyl halides is 3. The van der Waals surface area contributed by atoms with Gasteiger partial charge in [-0.3, -0.25) is 14.9 Å². The van der Waals surface area contributed by atoms with Gasteiger partial charge in [0.2, 0.25) is 0 Å². The van der Waals surface area contributed by atoms with Crippen LogP contribution in [0.2, 0.25) is 0 Å². The lowest BCUT2D eigenvalue weighted by Gasteiger charge is -2.25. The van der Waals surface area contributed by atoms with Crippen molar-refractivity contribution in [2.24, 2.45) is 7.05 Å². The molecule has 0 spiro atoms. The SMILES string of the molecule is Cn1ccnc1[C@@]1(CNC(=O)c2ccc(C(F)(F)F)cc2)NC(=O)NC1=O. The van der Waals surface area contributed by atoms with Crippen molar-refractivity contribution in [1.29, 1.82) is 0 Å². The summed E-state index contributed by atoms with van der Waals surface area (Å²) >= 11 is 0. The van der Waals surface area contributed by atoms with Gasteiger partial charge in [0, 0.05) is 25.0 Å². The number of nitrogens with one attached hydrogen (secondary N) is 3. The number of carbonyl (C=O) groups excluding carboxylic acids is 3. The minimum atomic E-state index is -4.51. The molecule has 0 radical (unpaired) electrons. The molecule has 1 atom stereocenters. The average Bonchev–Trinajstić information content (AvgIpc) is 3.15. The number of aryl methyl sites for hydroxylation is 1. The van der Waals surface area contributed by atoms with E-state index in [1.807, 2.05) is 0 Å². The van der Waals surface area contributed by atoms with Gasteiger partial charge in [-0.15, -0.1) is 0 Å². The minimum Gasteiger partial charge on any atom is -0.349 e. The van der Waals surface area contributed by atoms with Crippen molar-refractivity contribution in [3.8, 4) is 0 Å². The monoisotopic (exact) mass is 381 g/mol. The summed E-state index contributed by atoms with van der Waals surface area (Å²) in [7, 11) is 1.61. The molecule has 0 bridgehead atoms. The first-order valence-corrected chi connectivity index (χ1v) is 7.70. The van der Waals surface area contributed by atoms with Gasteiger partial charge in [0.15, 0.2) is 5.54 Å². The summed E-state index contributed by atoms with van der Waals surface area (Å²) in [5.41, 5.74) is -2.54. The Bertz CT molecular complexity index is 907. The van der Waals surface area contributed by atoms with Crippen LogP contribution < -0.4 is 16.0 Å². The zero-order valence-corrected chi connectivity index (χ0v) is 13.9. The van der Waals surface area contributed by atoms with Crippen LogP contribution in [-0.4, -0.2) is 33.9 Å². The molecule has 1 saturated heterocycles. The van der Waals surface area contributed by atoms with Gasteiger partial charge in [-0.1, -0.05) is 0 Å². The molecule has 3 N–H and O–H groups in total. The number of hydrogen-bond donors (Lipinski definition) is 3. The smallest absolute Gasteiger partial charge is 0.349 e. The van der Waals surface area contributed by atoms with E-state index in [0.717, 1.165) is 24.3 Å². The standard InChI is InChI=1S/C16H14F3N5O3/c1-24-7-6-20-12(24)15(13(26)22-14(27)23-15)8-21-11(25)9-2-4-10(5-3-9)16(17,18)19/h2-7H,8H2,1H3,(H,21,25)(H2,22,23,26,27)/t15-/m1/s1. The summed E-state index contributed by atoms with van der Waals surface area (Å²) in [6, 6.07) is 2.88. The first kappa shape index (κ1) is 18.4. The Morgan fingerprint density at radius 2 is 1.93 bits per heavy atom. The molecule has 8 nitrogen and oxygen atoms in total. The molecular formula is C16H14F3N5O3. The van der Waals surface area contributed by atoms with E-state index in [0.29, 0.717) is 0 Å². The van der Waals surface area contributed by atoms with Crippen LogP contribution in [-0.2, 0) is 23.6 Å². The molecule has 142 valence electrons. The summed E-state index contributed by atoms with van der Waals surface area (Å²) in [6.45, 7) is -0.338. The number of hydrogen-bond acceptors (Lipinski definition) is 4. The Morgan fingerprint density at radius 1 is 1.26 bits per heavy atom. The topological polar surface area (TPSA) is 105 Å². The van der Waals surface area contributed by atoms with E-state index >= 15 is 0 Å². The number of imidazole rings is 1. The van der Waals surface area contributed by atoms with Gasteiger partial charge in [0.05, 0.1) is 12.1 Å². The first-order valence-electron chi connectivity index (χ1n) is 7.70. The fraction of sp³-hybridized carbons (Fsp3) is 0.250. The van der Waals surface area contributed by atoms with Crippen molar-refractivity contribution in [1.82, 2.24) is 25.5 Å². The second kappa shape index (κ2) is 6.41. The van der Waals surface area contributed by atoms with Crippen molar-refractivity contribution in [3.05, 3.63) is 53.6 Å². The van der Waals surface area contributed by atoms with Gasteiger partial charge in [0.1, 0.15) is 5.82 Å². The highest BCUT2D eigenvalue weighted by atomic mass is 19.4. The third kappa shape index (κ3) is 3.35. The van der Waals surface area contributed by atoms with Crippen LogP contribution in [0.5, 0.6) is 0 Å². The molecule has 1 aliphatic heterocycles. The Morgan fingerprint density at radius 3 is 2.41 bits per heavy atom. The number of aromatic nitrogens is 2. The quantitative estimate of drug-likeness (QED) is 0.685. The van der Waals surface area contributed by atoms with Crippen molar-refractivity contribution >= 4 is 17.8 Å². The van der Waals surface area contributed by atoms with E-state index in [1.165, 1.54) is 10.8 Å². The third-order valence-corrected chi connectivity index (χ3v) is 4.13. The highest BCUT2D eigenvalue weighted by molar-refractivity contribution is 6.07. The molecule has 0 unspecified atom stereocenters. The largest absolute Gasteiger partial charge is 0.416 e. The van der Waals surface area contributed by atoms with Crippen LogP contribution >= 0.6 is 0 Å². The van der Waals surface area contributed by atoms with Crippen LogP contribution in [0.3, 0.4) is 0 Å². The van der Waals surface area contributed by atoms with Crippen LogP contribution in [0.1, 0.15) is 21.7 Å². The van der Waals surface area contributed by atoms with Crippen molar-refractivity contribution in [3.63, 3.8) is 0 Å². The summed E-state index contributed by atoms with van der Waals surface area (Å²) in [5.74, 6) is -1.21. The molecule has 0 aliphatic carbocycles. The fourth-order valence-electron chi connectivity index (χ4n) is 2.75. The number of amides is 4. The van der Waals surface area contributed by atoms with E-state index in [2.05, 4.69) is 20.9 Å². The number of rotatable bonds is 4. The Balaban J connectivity index is 1.80. The predicted molar refractivity (Wildman–Crippen MR) is 85.3 cm³/mol. The Hall–Kier alpha value is -3.37. The summed E-state index contributed by atoms with van der Waals surface area (Å²) in [6.07, 6.45) is -1.53. The minimum absolute atomic E-state index is 0.0253. The molecule has 2 aromatic rings. The fourth-order valence-corrected chi connectivity index (χ4v) is 2.75. The highest BCUT2D eigenvalue weighted by Crippen LogP contribution is 2.29. The summed E-state index contributed by atoms with van der Waals surface area (Å²) in [5, 5.41) is 7.00. The van der Waals surface area contributed by atoms with Crippen molar-refractivity contribution < 1.29 is 27.6 Å². The lowest BCUT2D eigenvalue weighted by Crippen LogP contribution is -2.54. The zero-order valence-electron chi connectivity index (χ0n) is 13.9.